The Morgan fingerprint density at radius 1 is 0.833 bits per heavy atom. The van der Waals surface area contributed by atoms with Gasteiger partial charge in [-0.2, -0.15) is 0 Å². The van der Waals surface area contributed by atoms with Gasteiger partial charge in [-0.15, -0.1) is 0 Å². The van der Waals surface area contributed by atoms with Crippen LogP contribution in [0.1, 0.15) is 54.9 Å². The van der Waals surface area contributed by atoms with E-state index in [1.807, 2.05) is 41.5 Å². The van der Waals surface area contributed by atoms with Gasteiger partial charge in [0, 0.05) is 0 Å². The first-order valence-corrected chi connectivity index (χ1v) is 6.78. The van der Waals surface area contributed by atoms with Crippen LogP contribution in [-0.4, -0.2) is 36.9 Å². The third-order valence-corrected chi connectivity index (χ3v) is 4.36. The maximum atomic E-state index is 5.96. The van der Waals surface area contributed by atoms with Crippen LogP contribution in [0.4, 0.5) is 0 Å². The summed E-state index contributed by atoms with van der Waals surface area (Å²) in [5.74, 6) is 0. The zero-order valence-corrected chi connectivity index (χ0v) is 12.6. The zero-order chi connectivity index (χ0) is 13.8. The molecular weight excluding hydrogens is 230 g/mol. The van der Waals surface area contributed by atoms with Gasteiger partial charge in [-0.05, 0) is 48.0 Å². The van der Waals surface area contributed by atoms with Crippen LogP contribution in [0.2, 0.25) is 0 Å². The number of hydrogen-bond acceptors (Lipinski definition) is 4. The third kappa shape index (κ3) is 2.24. The Morgan fingerprint density at radius 3 is 1.72 bits per heavy atom. The first kappa shape index (κ1) is 14.4. The van der Waals surface area contributed by atoms with Crippen LogP contribution >= 0.6 is 0 Å². The van der Waals surface area contributed by atoms with Gasteiger partial charge in [0.15, 0.2) is 0 Å². The molecule has 2 fully saturated rings. The monoisotopic (exact) mass is 254 g/mol. The quantitative estimate of drug-likeness (QED) is 0.708. The third-order valence-electron chi connectivity index (χ3n) is 4.36. The molecule has 1 unspecified atom stereocenters. The van der Waals surface area contributed by atoms with Gasteiger partial charge in [-0.3, -0.25) is 0 Å². The molecule has 2 aliphatic heterocycles. The van der Waals surface area contributed by atoms with Crippen molar-refractivity contribution in [2.75, 3.05) is 0 Å². The molecule has 0 aromatic rings. The van der Waals surface area contributed by atoms with Crippen molar-refractivity contribution in [1.82, 2.24) is 0 Å². The SMILES string of the molecule is CCC1OB(B2OC(C)(C)C(C)(C)O2)OC1(C)C. The van der Waals surface area contributed by atoms with Gasteiger partial charge in [0.2, 0.25) is 0 Å². The topological polar surface area (TPSA) is 36.9 Å². The van der Waals surface area contributed by atoms with E-state index in [1.165, 1.54) is 0 Å². The summed E-state index contributed by atoms with van der Waals surface area (Å²) in [7, 11) is -0.892. The highest BCUT2D eigenvalue weighted by Crippen LogP contribution is 2.40. The van der Waals surface area contributed by atoms with E-state index < -0.39 is 14.0 Å². The Kier molecular flexibility index (Phi) is 3.38. The standard InChI is InChI=1S/C12H24B2O4/c1-8-9-10(2,3)16-13(15-9)14-17-11(4,5)12(6,7)18-14/h9H,8H2,1-7H3. The van der Waals surface area contributed by atoms with Gasteiger partial charge in [-0.1, -0.05) is 6.92 Å². The molecule has 18 heavy (non-hydrogen) atoms. The molecule has 0 aromatic heterocycles. The van der Waals surface area contributed by atoms with E-state index in [1.54, 1.807) is 0 Å². The Morgan fingerprint density at radius 2 is 1.33 bits per heavy atom. The smallest absolute Gasteiger partial charge is 0.408 e. The molecule has 0 radical (unpaired) electrons. The lowest BCUT2D eigenvalue weighted by Gasteiger charge is -2.32. The summed E-state index contributed by atoms with van der Waals surface area (Å²) in [4.78, 5) is 0. The van der Waals surface area contributed by atoms with Crippen molar-refractivity contribution in [3.8, 4) is 0 Å². The minimum Gasteiger partial charge on any atom is -0.408 e. The number of hydrogen-bond donors (Lipinski definition) is 0. The lowest BCUT2D eigenvalue weighted by atomic mass is 9.49. The van der Waals surface area contributed by atoms with Gasteiger partial charge >= 0.3 is 14.0 Å². The highest BCUT2D eigenvalue weighted by atomic mass is 16.7. The molecule has 2 heterocycles. The van der Waals surface area contributed by atoms with Gasteiger partial charge < -0.3 is 18.6 Å². The first-order valence-electron chi connectivity index (χ1n) is 6.78. The Balaban J connectivity index is 2.08. The van der Waals surface area contributed by atoms with Crippen molar-refractivity contribution >= 4 is 14.0 Å². The van der Waals surface area contributed by atoms with E-state index >= 15 is 0 Å². The maximum Gasteiger partial charge on any atom is 0.488 e. The van der Waals surface area contributed by atoms with Crippen LogP contribution in [0, 0.1) is 0 Å². The minimum atomic E-state index is -0.453. The van der Waals surface area contributed by atoms with Gasteiger partial charge in [0.25, 0.3) is 0 Å². The average Bonchev–Trinajstić information content (AvgIpc) is 2.61. The van der Waals surface area contributed by atoms with Crippen molar-refractivity contribution in [2.45, 2.75) is 77.8 Å². The van der Waals surface area contributed by atoms with Crippen molar-refractivity contribution < 1.29 is 18.6 Å². The second-order valence-corrected chi connectivity index (χ2v) is 6.75. The fourth-order valence-corrected chi connectivity index (χ4v) is 2.44. The van der Waals surface area contributed by atoms with E-state index in [0.29, 0.717) is 0 Å². The molecule has 2 saturated heterocycles. The summed E-state index contributed by atoms with van der Waals surface area (Å²) in [5.41, 5.74) is -0.985. The van der Waals surface area contributed by atoms with Crippen LogP contribution in [0.25, 0.3) is 0 Å². The first-order chi connectivity index (χ1) is 8.09. The summed E-state index contributed by atoms with van der Waals surface area (Å²) >= 11 is 0. The van der Waals surface area contributed by atoms with Crippen molar-refractivity contribution in [3.05, 3.63) is 0 Å². The zero-order valence-electron chi connectivity index (χ0n) is 12.6. The lowest BCUT2D eigenvalue weighted by molar-refractivity contribution is 0.00578. The molecule has 0 spiro atoms. The molecule has 0 aliphatic carbocycles. The fourth-order valence-electron chi connectivity index (χ4n) is 2.44. The predicted octanol–water partition coefficient (Wildman–Crippen LogP) is 2.25. The Hall–Kier alpha value is -0.0301. The molecular formula is C12H24B2O4. The minimum absolute atomic E-state index is 0.0847. The van der Waals surface area contributed by atoms with Crippen LogP contribution in [0.15, 0.2) is 0 Å². The maximum absolute atomic E-state index is 5.96. The van der Waals surface area contributed by atoms with E-state index in [-0.39, 0.29) is 22.9 Å². The largest absolute Gasteiger partial charge is 0.488 e. The van der Waals surface area contributed by atoms with Crippen molar-refractivity contribution in [1.29, 1.82) is 0 Å². The summed E-state index contributed by atoms with van der Waals surface area (Å²) in [5, 5.41) is 0. The van der Waals surface area contributed by atoms with E-state index in [0.717, 1.165) is 6.42 Å². The summed E-state index contributed by atoms with van der Waals surface area (Å²) in [6.07, 6.45) is 1.00. The molecule has 0 N–H and O–H groups in total. The van der Waals surface area contributed by atoms with E-state index in [2.05, 4.69) is 6.92 Å². The second kappa shape index (κ2) is 4.23. The van der Waals surface area contributed by atoms with Gasteiger partial charge in [0.05, 0.1) is 22.9 Å². The molecule has 0 saturated carbocycles. The molecule has 0 amide bonds. The van der Waals surface area contributed by atoms with Crippen molar-refractivity contribution in [2.24, 2.45) is 0 Å². The Labute approximate surface area is 111 Å². The van der Waals surface area contributed by atoms with Crippen molar-refractivity contribution in [3.63, 3.8) is 0 Å². The fraction of sp³-hybridized carbons (Fsp3) is 1.00. The molecule has 2 rings (SSSR count). The second-order valence-electron chi connectivity index (χ2n) is 6.75. The van der Waals surface area contributed by atoms with Gasteiger partial charge in [0.1, 0.15) is 0 Å². The molecule has 2 aliphatic rings. The predicted molar refractivity (Wildman–Crippen MR) is 72.2 cm³/mol. The van der Waals surface area contributed by atoms with Crippen LogP contribution in [-0.2, 0) is 18.6 Å². The summed E-state index contributed by atoms with van der Waals surface area (Å²) in [6.45, 7) is 14.3. The van der Waals surface area contributed by atoms with Gasteiger partial charge in [-0.25, -0.2) is 0 Å². The summed E-state index contributed by atoms with van der Waals surface area (Å²) in [6, 6.07) is 0. The molecule has 0 aromatic carbocycles. The molecule has 1 atom stereocenters. The average molecular weight is 254 g/mol. The molecule has 6 heteroatoms. The molecule has 0 bridgehead atoms. The van der Waals surface area contributed by atoms with Crippen LogP contribution in [0.3, 0.4) is 0 Å². The molecule has 102 valence electrons. The van der Waals surface area contributed by atoms with E-state index in [9.17, 15) is 0 Å². The summed E-state index contributed by atoms with van der Waals surface area (Å²) < 4.78 is 23.8. The normalized spacial score (nSPS) is 33.2. The highest BCUT2D eigenvalue weighted by Gasteiger charge is 2.61. The number of rotatable bonds is 2. The molecule has 4 nitrogen and oxygen atoms in total. The Bertz CT molecular complexity index is 314. The highest BCUT2D eigenvalue weighted by molar-refractivity contribution is 7.11. The van der Waals surface area contributed by atoms with Crippen LogP contribution in [0.5, 0.6) is 0 Å². The van der Waals surface area contributed by atoms with Crippen LogP contribution < -0.4 is 0 Å². The lowest BCUT2D eigenvalue weighted by Crippen LogP contribution is -2.41. The van der Waals surface area contributed by atoms with E-state index in [4.69, 9.17) is 18.6 Å².